The molecule has 2 heterocycles. The van der Waals surface area contributed by atoms with Crippen LogP contribution in [0.3, 0.4) is 0 Å². The Morgan fingerprint density at radius 2 is 1.82 bits per heavy atom. The van der Waals surface area contributed by atoms with Gasteiger partial charge in [-0.25, -0.2) is 19.2 Å². The molecule has 4 aromatic rings. The Labute approximate surface area is 159 Å². The van der Waals surface area contributed by atoms with Gasteiger partial charge in [0.1, 0.15) is 5.82 Å². The molecule has 0 spiro atoms. The third-order valence-corrected chi connectivity index (χ3v) is 3.92. The zero-order chi connectivity index (χ0) is 19.3. The number of halogens is 1. The Hall–Kier alpha value is -4.07. The number of nitrogens with zero attached hydrogens (tertiary/aromatic N) is 3. The van der Waals surface area contributed by atoms with E-state index in [4.69, 9.17) is 0 Å². The lowest BCUT2D eigenvalue weighted by Crippen LogP contribution is -2.19. The van der Waals surface area contributed by atoms with Crippen LogP contribution >= 0.6 is 0 Å². The van der Waals surface area contributed by atoms with Crippen molar-refractivity contribution in [3.8, 4) is 0 Å². The highest BCUT2D eigenvalue weighted by Crippen LogP contribution is 2.20. The molecule has 0 saturated carbocycles. The molecule has 0 aliphatic carbocycles. The molecule has 2 aromatic carbocycles. The molecule has 7 nitrogen and oxygen atoms in total. The van der Waals surface area contributed by atoms with Gasteiger partial charge < -0.3 is 10.6 Å². The third kappa shape index (κ3) is 4.01. The maximum Gasteiger partial charge on any atom is 0.323 e. The summed E-state index contributed by atoms with van der Waals surface area (Å²) in [6, 6.07) is 15.9. The predicted molar refractivity (Wildman–Crippen MR) is 107 cm³/mol. The summed E-state index contributed by atoms with van der Waals surface area (Å²) in [5.41, 5.74) is 2.49. The van der Waals surface area contributed by atoms with Crippen molar-refractivity contribution >= 4 is 40.3 Å². The quantitative estimate of drug-likeness (QED) is 0.459. The molecule has 0 radical (unpaired) electrons. The number of fused-ring (bicyclic) bond motifs is 1. The van der Waals surface area contributed by atoms with Crippen molar-refractivity contribution in [1.29, 1.82) is 0 Å². The second-order valence-corrected chi connectivity index (χ2v) is 5.90. The highest BCUT2D eigenvalue weighted by atomic mass is 19.1. The number of rotatable bonds is 4. The van der Waals surface area contributed by atoms with Crippen LogP contribution in [0.1, 0.15) is 5.69 Å². The second-order valence-electron chi connectivity index (χ2n) is 5.90. The highest BCUT2D eigenvalue weighted by Gasteiger charge is 2.07. The van der Waals surface area contributed by atoms with E-state index >= 15 is 0 Å². The Balaban J connectivity index is 1.47. The fourth-order valence-electron chi connectivity index (χ4n) is 2.60. The van der Waals surface area contributed by atoms with Gasteiger partial charge in [-0.15, -0.1) is 0 Å². The predicted octanol–water partition coefficient (Wildman–Crippen LogP) is 4.49. The standard InChI is InChI=1S/C20H15FN6O/c21-13-4-6-14(7-5-13)24-20(28)25-15-8-9-16-17(11-15)26-27-18(16)12-23-19-3-1-2-10-22-19/h1-12H,(H,26,27)(H2,24,25,28)/b23-12+. The van der Waals surface area contributed by atoms with Crippen molar-refractivity contribution < 1.29 is 9.18 Å². The normalized spacial score (nSPS) is 11.0. The molecule has 0 atom stereocenters. The summed E-state index contributed by atoms with van der Waals surface area (Å²) in [6.45, 7) is 0. The van der Waals surface area contributed by atoms with Gasteiger partial charge >= 0.3 is 6.03 Å². The minimum Gasteiger partial charge on any atom is -0.308 e. The van der Waals surface area contributed by atoms with E-state index in [9.17, 15) is 9.18 Å². The number of benzene rings is 2. The molecule has 8 heteroatoms. The zero-order valence-electron chi connectivity index (χ0n) is 14.6. The van der Waals surface area contributed by atoms with Crippen LogP contribution < -0.4 is 10.6 Å². The van der Waals surface area contributed by atoms with Crippen LogP contribution in [0.2, 0.25) is 0 Å². The topological polar surface area (TPSA) is 95.1 Å². The van der Waals surface area contributed by atoms with Crippen LogP contribution in [0.25, 0.3) is 10.9 Å². The number of aromatic amines is 1. The molecular weight excluding hydrogens is 359 g/mol. The number of urea groups is 1. The summed E-state index contributed by atoms with van der Waals surface area (Å²) in [5.74, 6) is 0.235. The van der Waals surface area contributed by atoms with Crippen LogP contribution in [-0.4, -0.2) is 27.4 Å². The van der Waals surface area contributed by atoms with E-state index in [0.29, 0.717) is 22.7 Å². The van der Waals surface area contributed by atoms with E-state index < -0.39 is 6.03 Å². The number of hydrogen-bond acceptors (Lipinski definition) is 4. The molecule has 0 bridgehead atoms. The monoisotopic (exact) mass is 374 g/mol. The molecule has 28 heavy (non-hydrogen) atoms. The highest BCUT2D eigenvalue weighted by molar-refractivity contribution is 6.02. The molecule has 0 aliphatic heterocycles. The summed E-state index contributed by atoms with van der Waals surface area (Å²) < 4.78 is 12.9. The van der Waals surface area contributed by atoms with Crippen molar-refractivity contribution in [2.24, 2.45) is 4.99 Å². The third-order valence-electron chi connectivity index (χ3n) is 3.92. The largest absolute Gasteiger partial charge is 0.323 e. The number of carbonyl (C=O) groups excluding carboxylic acids is 1. The van der Waals surface area contributed by atoms with Gasteiger partial charge in [-0.1, -0.05) is 6.07 Å². The first-order valence-corrected chi connectivity index (χ1v) is 8.44. The lowest BCUT2D eigenvalue weighted by Gasteiger charge is -2.07. The Kier molecular flexibility index (Phi) is 4.75. The van der Waals surface area contributed by atoms with E-state index in [2.05, 4.69) is 30.8 Å². The fraction of sp³-hybridized carbons (Fsp3) is 0. The molecule has 3 N–H and O–H groups in total. The average Bonchev–Trinajstić information content (AvgIpc) is 3.11. The zero-order valence-corrected chi connectivity index (χ0v) is 14.6. The van der Waals surface area contributed by atoms with Gasteiger partial charge in [-0.3, -0.25) is 5.10 Å². The van der Waals surface area contributed by atoms with Crippen LogP contribution in [0.5, 0.6) is 0 Å². The number of amides is 2. The molecule has 0 fully saturated rings. The number of aliphatic imine (C=N–C) groups is 1. The van der Waals surface area contributed by atoms with Gasteiger partial charge in [0.25, 0.3) is 0 Å². The van der Waals surface area contributed by atoms with Gasteiger partial charge in [0.2, 0.25) is 0 Å². The molecule has 4 rings (SSSR count). The summed E-state index contributed by atoms with van der Waals surface area (Å²) >= 11 is 0. The number of hydrogen-bond donors (Lipinski definition) is 3. The molecule has 0 aliphatic rings. The van der Waals surface area contributed by atoms with Crippen molar-refractivity contribution in [3.05, 3.63) is 78.4 Å². The average molecular weight is 374 g/mol. The van der Waals surface area contributed by atoms with E-state index in [-0.39, 0.29) is 5.82 Å². The number of nitrogens with one attached hydrogen (secondary N) is 3. The molecule has 2 amide bonds. The molecule has 0 saturated heterocycles. The summed E-state index contributed by atoms with van der Waals surface area (Å²) in [7, 11) is 0. The lowest BCUT2D eigenvalue weighted by molar-refractivity contribution is 0.262. The van der Waals surface area contributed by atoms with E-state index in [1.165, 1.54) is 24.3 Å². The number of anilines is 2. The maximum absolute atomic E-state index is 12.9. The van der Waals surface area contributed by atoms with Gasteiger partial charge in [0.15, 0.2) is 5.82 Å². The van der Waals surface area contributed by atoms with E-state index in [1.807, 2.05) is 18.2 Å². The van der Waals surface area contributed by atoms with Crippen LogP contribution in [-0.2, 0) is 0 Å². The SMILES string of the molecule is O=C(Nc1ccc(F)cc1)Nc1ccc2c(/C=N/c3ccccn3)[nH]nc2c1. The molecular formula is C20H15FN6O. The Bertz CT molecular complexity index is 1140. The van der Waals surface area contributed by atoms with Gasteiger partial charge in [-0.05, 0) is 54.6 Å². The van der Waals surface area contributed by atoms with Gasteiger partial charge in [0, 0.05) is 23.0 Å². The van der Waals surface area contributed by atoms with E-state index in [0.717, 1.165) is 11.1 Å². The van der Waals surface area contributed by atoms with Gasteiger partial charge in [-0.2, -0.15) is 5.10 Å². The molecule has 138 valence electrons. The van der Waals surface area contributed by atoms with Crippen molar-refractivity contribution in [1.82, 2.24) is 15.2 Å². The Morgan fingerprint density at radius 3 is 2.61 bits per heavy atom. The fourth-order valence-corrected chi connectivity index (χ4v) is 2.60. The number of carbonyl (C=O) groups is 1. The first-order valence-electron chi connectivity index (χ1n) is 8.44. The van der Waals surface area contributed by atoms with Gasteiger partial charge in [0.05, 0.1) is 17.4 Å². The summed E-state index contributed by atoms with van der Waals surface area (Å²) in [5, 5.41) is 13.4. The molecule has 0 unspecified atom stereocenters. The summed E-state index contributed by atoms with van der Waals surface area (Å²) in [6.07, 6.45) is 3.33. The van der Waals surface area contributed by atoms with Crippen LogP contribution in [0.4, 0.5) is 26.4 Å². The second kappa shape index (κ2) is 7.67. The minimum atomic E-state index is -0.432. The number of pyridine rings is 1. The van der Waals surface area contributed by atoms with Crippen molar-refractivity contribution in [3.63, 3.8) is 0 Å². The van der Waals surface area contributed by atoms with Crippen molar-refractivity contribution in [2.75, 3.05) is 10.6 Å². The van der Waals surface area contributed by atoms with E-state index in [1.54, 1.807) is 30.6 Å². The molecule has 2 aromatic heterocycles. The minimum absolute atomic E-state index is 0.364. The smallest absolute Gasteiger partial charge is 0.308 e. The summed E-state index contributed by atoms with van der Waals surface area (Å²) in [4.78, 5) is 20.5. The van der Waals surface area contributed by atoms with Crippen molar-refractivity contribution in [2.45, 2.75) is 0 Å². The lowest BCUT2D eigenvalue weighted by atomic mass is 10.2. The maximum atomic E-state index is 12.9. The first kappa shape index (κ1) is 17.3. The number of H-pyrrole nitrogens is 1. The van der Waals surface area contributed by atoms with Crippen LogP contribution in [0, 0.1) is 5.82 Å². The van der Waals surface area contributed by atoms with Crippen LogP contribution in [0.15, 0.2) is 71.9 Å². The number of aromatic nitrogens is 3. The first-order chi connectivity index (χ1) is 13.7. The Morgan fingerprint density at radius 1 is 1.04 bits per heavy atom.